The SMILES string of the molecule is CN(CC1(C)Cn2cc([N+](=O)[O-])nc2O1)c1ccc(Cl)cc1. The first kappa shape index (κ1) is 14.6. The molecule has 0 radical (unpaired) electrons. The second-order valence-corrected chi connectivity index (χ2v) is 6.09. The molecule has 0 saturated heterocycles. The number of hydrogen-bond acceptors (Lipinski definition) is 5. The Morgan fingerprint density at radius 2 is 2.18 bits per heavy atom. The van der Waals surface area contributed by atoms with Crippen LogP contribution in [0.15, 0.2) is 30.5 Å². The lowest BCUT2D eigenvalue weighted by Crippen LogP contribution is -2.43. The van der Waals surface area contributed by atoms with Gasteiger partial charge in [-0.1, -0.05) is 11.6 Å². The van der Waals surface area contributed by atoms with Crippen LogP contribution in [0.4, 0.5) is 11.5 Å². The van der Waals surface area contributed by atoms with Crippen molar-refractivity contribution >= 4 is 23.1 Å². The maximum atomic E-state index is 10.7. The molecule has 22 heavy (non-hydrogen) atoms. The zero-order chi connectivity index (χ0) is 15.9. The van der Waals surface area contributed by atoms with Crippen molar-refractivity contribution in [3.63, 3.8) is 0 Å². The van der Waals surface area contributed by atoms with Gasteiger partial charge in [0.05, 0.1) is 13.1 Å². The van der Waals surface area contributed by atoms with Crippen molar-refractivity contribution in [3.8, 4) is 6.01 Å². The third kappa shape index (κ3) is 2.71. The highest BCUT2D eigenvalue weighted by Gasteiger charge is 2.41. The van der Waals surface area contributed by atoms with Crippen molar-refractivity contribution in [1.29, 1.82) is 0 Å². The molecule has 0 bridgehead atoms. The molecule has 116 valence electrons. The van der Waals surface area contributed by atoms with Gasteiger partial charge in [-0.05, 0) is 36.1 Å². The van der Waals surface area contributed by atoms with Crippen molar-refractivity contribution in [1.82, 2.24) is 9.55 Å². The molecule has 0 spiro atoms. The average molecular weight is 323 g/mol. The predicted molar refractivity (Wildman–Crippen MR) is 82.6 cm³/mol. The molecule has 1 aliphatic heterocycles. The van der Waals surface area contributed by atoms with Gasteiger partial charge >= 0.3 is 11.8 Å². The van der Waals surface area contributed by atoms with E-state index in [2.05, 4.69) is 9.88 Å². The van der Waals surface area contributed by atoms with Crippen molar-refractivity contribution in [2.24, 2.45) is 0 Å². The molecule has 0 amide bonds. The number of nitrogens with zero attached hydrogens (tertiary/aromatic N) is 4. The van der Waals surface area contributed by atoms with Gasteiger partial charge in [0.2, 0.25) is 0 Å². The summed E-state index contributed by atoms with van der Waals surface area (Å²) in [5.74, 6) is -0.192. The van der Waals surface area contributed by atoms with E-state index in [1.54, 1.807) is 4.57 Å². The van der Waals surface area contributed by atoms with Crippen LogP contribution in [0.2, 0.25) is 5.02 Å². The second-order valence-electron chi connectivity index (χ2n) is 5.65. The Bertz CT molecular complexity index is 690. The van der Waals surface area contributed by atoms with Crippen LogP contribution in [-0.2, 0) is 6.54 Å². The summed E-state index contributed by atoms with van der Waals surface area (Å²) in [4.78, 5) is 16.1. The van der Waals surface area contributed by atoms with Crippen LogP contribution in [-0.4, -0.2) is 33.7 Å². The van der Waals surface area contributed by atoms with Gasteiger partial charge in [-0.3, -0.25) is 4.57 Å². The number of ether oxygens (including phenoxy) is 1. The molecule has 0 fully saturated rings. The number of nitro groups is 1. The van der Waals surface area contributed by atoms with E-state index < -0.39 is 10.5 Å². The van der Waals surface area contributed by atoms with Gasteiger partial charge in [-0.2, -0.15) is 0 Å². The smallest absolute Gasteiger partial charge is 0.415 e. The highest BCUT2D eigenvalue weighted by molar-refractivity contribution is 6.30. The third-order valence-corrected chi connectivity index (χ3v) is 3.85. The first-order valence-electron chi connectivity index (χ1n) is 6.74. The van der Waals surface area contributed by atoms with Gasteiger partial charge in [-0.25, -0.2) is 0 Å². The van der Waals surface area contributed by atoms with Crippen molar-refractivity contribution in [2.75, 3.05) is 18.5 Å². The number of fused-ring (bicyclic) bond motifs is 1. The van der Waals surface area contributed by atoms with E-state index in [4.69, 9.17) is 16.3 Å². The molecule has 0 N–H and O–H groups in total. The van der Waals surface area contributed by atoms with Crippen molar-refractivity contribution in [2.45, 2.75) is 19.1 Å². The number of likely N-dealkylation sites (N-methyl/N-ethyl adjacent to an activating group) is 1. The van der Waals surface area contributed by atoms with Crippen LogP contribution in [0.5, 0.6) is 6.01 Å². The van der Waals surface area contributed by atoms with E-state index in [9.17, 15) is 10.1 Å². The van der Waals surface area contributed by atoms with Gasteiger partial charge < -0.3 is 19.8 Å². The van der Waals surface area contributed by atoms with Crippen LogP contribution in [0.1, 0.15) is 6.92 Å². The van der Waals surface area contributed by atoms with E-state index in [1.807, 2.05) is 38.2 Å². The number of rotatable bonds is 4. The van der Waals surface area contributed by atoms with Gasteiger partial charge in [0.15, 0.2) is 0 Å². The molecule has 1 aliphatic rings. The Labute approximate surface area is 132 Å². The number of benzene rings is 1. The fourth-order valence-electron chi connectivity index (χ4n) is 2.65. The maximum absolute atomic E-state index is 10.7. The zero-order valence-corrected chi connectivity index (χ0v) is 12.9. The van der Waals surface area contributed by atoms with Crippen LogP contribution >= 0.6 is 11.6 Å². The summed E-state index contributed by atoms with van der Waals surface area (Å²) in [7, 11) is 1.96. The van der Waals surface area contributed by atoms with Crippen LogP contribution in [0, 0.1) is 10.1 Å². The summed E-state index contributed by atoms with van der Waals surface area (Å²) in [6, 6.07) is 7.83. The van der Waals surface area contributed by atoms with E-state index in [1.165, 1.54) is 6.20 Å². The van der Waals surface area contributed by atoms with Gasteiger partial charge in [0, 0.05) is 22.7 Å². The lowest BCUT2D eigenvalue weighted by atomic mass is 10.1. The summed E-state index contributed by atoms with van der Waals surface area (Å²) in [5.41, 5.74) is 0.524. The van der Waals surface area contributed by atoms with Gasteiger partial charge in [0.25, 0.3) is 0 Å². The monoisotopic (exact) mass is 322 g/mol. The highest BCUT2D eigenvalue weighted by atomic mass is 35.5. The zero-order valence-electron chi connectivity index (χ0n) is 12.2. The molecular formula is C14H15ClN4O3. The highest BCUT2D eigenvalue weighted by Crippen LogP contribution is 2.32. The van der Waals surface area contributed by atoms with Gasteiger partial charge in [-0.15, -0.1) is 0 Å². The lowest BCUT2D eigenvalue weighted by molar-refractivity contribution is -0.389. The predicted octanol–water partition coefficient (Wildman–Crippen LogP) is 2.73. The molecule has 0 saturated carbocycles. The molecule has 8 heteroatoms. The Morgan fingerprint density at radius 1 is 1.50 bits per heavy atom. The van der Waals surface area contributed by atoms with Crippen LogP contribution < -0.4 is 9.64 Å². The normalized spacial score (nSPS) is 19.6. The minimum atomic E-state index is -0.522. The second kappa shape index (κ2) is 5.17. The van der Waals surface area contributed by atoms with Crippen molar-refractivity contribution in [3.05, 3.63) is 45.6 Å². The summed E-state index contributed by atoms with van der Waals surface area (Å²) >= 11 is 5.89. The topological polar surface area (TPSA) is 73.4 Å². The largest absolute Gasteiger partial charge is 0.436 e. The Hall–Kier alpha value is -2.28. The lowest BCUT2D eigenvalue weighted by Gasteiger charge is -2.29. The molecular weight excluding hydrogens is 308 g/mol. The molecule has 1 unspecified atom stereocenters. The molecule has 2 aromatic rings. The van der Waals surface area contributed by atoms with Crippen LogP contribution in [0.25, 0.3) is 0 Å². The van der Waals surface area contributed by atoms with Gasteiger partial charge in [0.1, 0.15) is 11.8 Å². The molecule has 2 heterocycles. The Balaban J connectivity index is 1.71. The van der Waals surface area contributed by atoms with E-state index in [-0.39, 0.29) is 5.82 Å². The molecule has 1 aromatic heterocycles. The van der Waals surface area contributed by atoms with Crippen molar-refractivity contribution < 1.29 is 9.66 Å². The molecule has 1 atom stereocenters. The molecule has 0 aliphatic carbocycles. The average Bonchev–Trinajstić information content (AvgIpc) is 2.94. The summed E-state index contributed by atoms with van der Waals surface area (Å²) in [6.07, 6.45) is 1.41. The first-order valence-corrected chi connectivity index (χ1v) is 7.11. The van der Waals surface area contributed by atoms with E-state index in [0.717, 1.165) is 5.69 Å². The minimum Gasteiger partial charge on any atom is -0.436 e. The molecule has 1 aromatic carbocycles. The third-order valence-electron chi connectivity index (χ3n) is 3.60. The van der Waals surface area contributed by atoms with E-state index >= 15 is 0 Å². The fraction of sp³-hybridized carbons (Fsp3) is 0.357. The first-order chi connectivity index (χ1) is 10.4. The number of aromatic nitrogens is 2. The summed E-state index contributed by atoms with van der Waals surface area (Å²) in [5, 5.41) is 11.4. The number of imidazole rings is 1. The quantitative estimate of drug-likeness (QED) is 0.639. The van der Waals surface area contributed by atoms with Crippen LogP contribution in [0.3, 0.4) is 0 Å². The summed E-state index contributed by atoms with van der Waals surface area (Å²) in [6.45, 7) is 3.09. The maximum Gasteiger partial charge on any atom is 0.415 e. The molecule has 3 rings (SSSR count). The summed E-state index contributed by atoms with van der Waals surface area (Å²) < 4.78 is 7.50. The standard InChI is InChI=1S/C14H15ClN4O3/c1-14(8-17(2)11-5-3-10(15)4-6-11)9-18-7-12(19(20)21)16-13(18)22-14/h3-7H,8-9H2,1-2H3. The minimum absolute atomic E-state index is 0.192. The Kier molecular flexibility index (Phi) is 3.44. The Morgan fingerprint density at radius 3 is 2.77 bits per heavy atom. The number of anilines is 1. The molecule has 7 nitrogen and oxygen atoms in total. The number of hydrogen-bond donors (Lipinski definition) is 0. The number of halogens is 1. The van der Waals surface area contributed by atoms with E-state index in [0.29, 0.717) is 24.1 Å². The fourth-order valence-corrected chi connectivity index (χ4v) is 2.78.